The van der Waals surface area contributed by atoms with Gasteiger partial charge < -0.3 is 10.2 Å². The summed E-state index contributed by atoms with van der Waals surface area (Å²) in [5.74, 6) is 2.87. The molecule has 0 unspecified atom stereocenters. The van der Waals surface area contributed by atoms with Crippen LogP contribution in [0.5, 0.6) is 0 Å². The summed E-state index contributed by atoms with van der Waals surface area (Å²) in [5.41, 5.74) is 1.79. The Morgan fingerprint density at radius 2 is 1.61 bits per heavy atom. The molecular formula is C24H32N2O2. The Morgan fingerprint density at radius 3 is 2.18 bits per heavy atom. The Hall–Kier alpha value is -1.84. The van der Waals surface area contributed by atoms with Gasteiger partial charge >= 0.3 is 0 Å². The van der Waals surface area contributed by atoms with Crippen LogP contribution in [0.2, 0.25) is 0 Å². The van der Waals surface area contributed by atoms with Crippen LogP contribution in [0.3, 0.4) is 0 Å². The van der Waals surface area contributed by atoms with E-state index < -0.39 is 0 Å². The number of hydrogen-bond donors (Lipinski definition) is 1. The van der Waals surface area contributed by atoms with Crippen LogP contribution < -0.4 is 5.32 Å². The van der Waals surface area contributed by atoms with Gasteiger partial charge in [0.05, 0.1) is 5.41 Å². The molecular weight excluding hydrogens is 348 g/mol. The summed E-state index contributed by atoms with van der Waals surface area (Å²) in [6, 6.07) is 7.91. The first kappa shape index (κ1) is 18.2. The molecule has 5 aliphatic rings. The second-order valence-electron chi connectivity index (χ2n) is 10.1. The van der Waals surface area contributed by atoms with E-state index in [1.54, 1.807) is 0 Å². The number of likely N-dealkylation sites (tertiary alicyclic amines) is 1. The maximum Gasteiger partial charge on any atom is 0.251 e. The SMILES string of the molecule is Cc1cccc(C(=O)NC2CCN(C(=O)C34CC5CC(CC(C5)C3)C4)CC2)c1. The van der Waals surface area contributed by atoms with Gasteiger partial charge in [-0.25, -0.2) is 0 Å². The number of hydrogen-bond acceptors (Lipinski definition) is 2. The van der Waals surface area contributed by atoms with Crippen molar-refractivity contribution >= 4 is 11.8 Å². The second-order valence-corrected chi connectivity index (χ2v) is 10.1. The Bertz CT molecular complexity index is 743. The molecule has 0 spiro atoms. The summed E-state index contributed by atoms with van der Waals surface area (Å²) in [5, 5.41) is 3.18. The molecule has 1 saturated heterocycles. The minimum absolute atomic E-state index is 0.00885. The van der Waals surface area contributed by atoms with E-state index in [0.29, 0.717) is 5.91 Å². The lowest BCUT2D eigenvalue weighted by Crippen LogP contribution is -2.56. The van der Waals surface area contributed by atoms with Crippen molar-refractivity contribution in [2.24, 2.45) is 23.2 Å². The number of nitrogens with zero attached hydrogens (tertiary/aromatic N) is 1. The summed E-state index contributed by atoms with van der Waals surface area (Å²) in [6.07, 6.45) is 9.29. The van der Waals surface area contributed by atoms with E-state index in [0.717, 1.165) is 74.1 Å². The largest absolute Gasteiger partial charge is 0.349 e. The number of carbonyl (C=O) groups is 2. The van der Waals surface area contributed by atoms with Crippen molar-refractivity contribution in [1.29, 1.82) is 0 Å². The number of carbonyl (C=O) groups excluding carboxylic acids is 2. The van der Waals surface area contributed by atoms with Crippen LogP contribution in [0.25, 0.3) is 0 Å². The first-order valence-electron chi connectivity index (χ1n) is 11.2. The van der Waals surface area contributed by atoms with E-state index in [4.69, 9.17) is 0 Å². The standard InChI is InChI=1S/C24H32N2O2/c1-16-3-2-4-20(9-16)22(27)25-21-5-7-26(8-6-21)23(28)24-13-17-10-18(14-24)12-19(11-17)15-24/h2-4,9,17-19,21H,5-8,10-15H2,1H3,(H,25,27). The van der Waals surface area contributed by atoms with E-state index in [2.05, 4.69) is 10.2 Å². The fourth-order valence-corrected chi connectivity index (χ4v) is 6.99. The predicted molar refractivity (Wildman–Crippen MR) is 109 cm³/mol. The molecule has 1 N–H and O–H groups in total. The van der Waals surface area contributed by atoms with Crippen LogP contribution in [0.4, 0.5) is 0 Å². The number of rotatable bonds is 3. The van der Waals surface area contributed by atoms with Crippen molar-refractivity contribution in [1.82, 2.24) is 10.2 Å². The van der Waals surface area contributed by atoms with Crippen molar-refractivity contribution in [3.8, 4) is 0 Å². The molecule has 1 heterocycles. The lowest BCUT2D eigenvalue weighted by molar-refractivity contribution is -0.158. The molecule has 0 atom stereocenters. The minimum atomic E-state index is -0.0353. The van der Waals surface area contributed by atoms with Crippen LogP contribution in [0, 0.1) is 30.1 Å². The molecule has 4 bridgehead atoms. The van der Waals surface area contributed by atoms with Crippen molar-refractivity contribution < 1.29 is 9.59 Å². The summed E-state index contributed by atoms with van der Waals surface area (Å²) >= 11 is 0. The molecule has 28 heavy (non-hydrogen) atoms. The second kappa shape index (κ2) is 6.89. The van der Waals surface area contributed by atoms with Gasteiger partial charge in [0, 0.05) is 24.7 Å². The molecule has 4 saturated carbocycles. The van der Waals surface area contributed by atoms with Crippen molar-refractivity contribution in [2.75, 3.05) is 13.1 Å². The summed E-state index contributed by atoms with van der Waals surface area (Å²) in [7, 11) is 0. The monoisotopic (exact) mass is 380 g/mol. The lowest BCUT2D eigenvalue weighted by Gasteiger charge is -2.57. The van der Waals surface area contributed by atoms with Crippen molar-refractivity contribution in [3.63, 3.8) is 0 Å². The zero-order chi connectivity index (χ0) is 19.3. The number of piperidine rings is 1. The third kappa shape index (κ3) is 3.25. The van der Waals surface area contributed by atoms with E-state index in [1.165, 1.54) is 19.3 Å². The fourth-order valence-electron chi connectivity index (χ4n) is 6.99. The number of aryl methyl sites for hydroxylation is 1. The number of benzene rings is 1. The molecule has 5 fully saturated rings. The molecule has 0 radical (unpaired) electrons. The molecule has 0 aromatic heterocycles. The summed E-state index contributed by atoms with van der Waals surface area (Å²) in [4.78, 5) is 28.1. The van der Waals surface area contributed by atoms with Crippen LogP contribution >= 0.6 is 0 Å². The van der Waals surface area contributed by atoms with E-state index in [1.807, 2.05) is 31.2 Å². The van der Waals surface area contributed by atoms with Gasteiger partial charge in [-0.05, 0) is 88.2 Å². The summed E-state index contributed by atoms with van der Waals surface area (Å²) < 4.78 is 0. The normalized spacial score (nSPS) is 34.5. The predicted octanol–water partition coefficient (Wildman–Crippen LogP) is 3.93. The molecule has 4 nitrogen and oxygen atoms in total. The average molecular weight is 381 g/mol. The maximum atomic E-state index is 13.5. The van der Waals surface area contributed by atoms with E-state index >= 15 is 0 Å². The average Bonchev–Trinajstić information content (AvgIpc) is 2.67. The lowest BCUT2D eigenvalue weighted by atomic mass is 9.49. The molecule has 1 aliphatic heterocycles. The molecule has 1 aromatic carbocycles. The molecule has 1 aromatic rings. The van der Waals surface area contributed by atoms with Crippen LogP contribution in [-0.2, 0) is 4.79 Å². The highest BCUT2D eigenvalue weighted by atomic mass is 16.2. The zero-order valence-corrected chi connectivity index (χ0v) is 17.0. The van der Waals surface area contributed by atoms with Crippen molar-refractivity contribution in [3.05, 3.63) is 35.4 Å². The molecule has 2 amide bonds. The van der Waals surface area contributed by atoms with Gasteiger partial charge in [-0.1, -0.05) is 17.7 Å². The maximum absolute atomic E-state index is 13.5. The third-order valence-corrected chi connectivity index (χ3v) is 7.89. The van der Waals surface area contributed by atoms with Gasteiger partial charge in [0.2, 0.25) is 5.91 Å². The van der Waals surface area contributed by atoms with Crippen LogP contribution in [0.15, 0.2) is 24.3 Å². The molecule has 150 valence electrons. The highest BCUT2D eigenvalue weighted by Gasteiger charge is 2.55. The quantitative estimate of drug-likeness (QED) is 0.864. The Morgan fingerprint density at radius 1 is 1.00 bits per heavy atom. The number of nitrogens with one attached hydrogen (secondary N) is 1. The summed E-state index contributed by atoms with van der Waals surface area (Å²) in [6.45, 7) is 3.59. The smallest absolute Gasteiger partial charge is 0.251 e. The minimum Gasteiger partial charge on any atom is -0.349 e. The zero-order valence-electron chi connectivity index (χ0n) is 17.0. The van der Waals surface area contributed by atoms with Gasteiger partial charge in [0.25, 0.3) is 5.91 Å². The highest BCUT2D eigenvalue weighted by molar-refractivity contribution is 5.94. The Kier molecular flexibility index (Phi) is 4.48. The van der Waals surface area contributed by atoms with Gasteiger partial charge in [-0.15, -0.1) is 0 Å². The van der Waals surface area contributed by atoms with E-state index in [-0.39, 0.29) is 17.4 Å². The molecule has 6 rings (SSSR count). The molecule has 4 heteroatoms. The van der Waals surface area contributed by atoms with Gasteiger partial charge in [0.1, 0.15) is 0 Å². The van der Waals surface area contributed by atoms with E-state index in [9.17, 15) is 9.59 Å². The number of amides is 2. The van der Waals surface area contributed by atoms with Crippen molar-refractivity contribution in [2.45, 2.75) is 64.3 Å². The van der Waals surface area contributed by atoms with Gasteiger partial charge in [-0.2, -0.15) is 0 Å². The van der Waals surface area contributed by atoms with Gasteiger partial charge in [-0.3, -0.25) is 9.59 Å². The first-order valence-corrected chi connectivity index (χ1v) is 11.2. The van der Waals surface area contributed by atoms with Gasteiger partial charge in [0.15, 0.2) is 0 Å². The topological polar surface area (TPSA) is 49.4 Å². The Balaban J connectivity index is 1.18. The third-order valence-electron chi connectivity index (χ3n) is 7.89. The fraction of sp³-hybridized carbons (Fsp3) is 0.667. The van der Waals surface area contributed by atoms with Crippen LogP contribution in [0.1, 0.15) is 67.3 Å². The van der Waals surface area contributed by atoms with Crippen LogP contribution in [-0.4, -0.2) is 35.8 Å². The Labute approximate surface area is 168 Å². The first-order chi connectivity index (χ1) is 13.5. The molecule has 4 aliphatic carbocycles. The highest BCUT2D eigenvalue weighted by Crippen LogP contribution is 2.60.